The fourth-order valence-electron chi connectivity index (χ4n) is 4.42. The van der Waals surface area contributed by atoms with Crippen LogP contribution in [0.5, 0.6) is 0 Å². The maximum atomic E-state index is 5.15. The van der Waals surface area contributed by atoms with E-state index >= 15 is 0 Å². The molecule has 1 N–H and O–H groups in total. The average molecular weight is 294 g/mol. The van der Waals surface area contributed by atoms with Crippen LogP contribution in [0.2, 0.25) is 0 Å². The molecule has 3 nitrogen and oxygen atoms in total. The van der Waals surface area contributed by atoms with E-state index in [1.54, 1.807) is 18.4 Å². The molecule has 2 saturated carbocycles. The quantitative estimate of drug-likeness (QED) is 0.785. The second-order valence-electron chi connectivity index (χ2n) is 6.65. The maximum Gasteiger partial charge on any atom is 0.0897 e. The fraction of sp³-hybridized carbons (Fsp3) is 0.812. The Balaban J connectivity index is 1.67. The summed E-state index contributed by atoms with van der Waals surface area (Å²) in [5, 5.41) is 7.09. The lowest BCUT2D eigenvalue weighted by Gasteiger charge is -2.38. The van der Waals surface area contributed by atoms with E-state index in [9.17, 15) is 0 Å². The highest BCUT2D eigenvalue weighted by Crippen LogP contribution is 2.57. The van der Waals surface area contributed by atoms with Crippen LogP contribution in [0.25, 0.3) is 0 Å². The molecule has 1 aromatic rings. The maximum absolute atomic E-state index is 5.15. The van der Waals surface area contributed by atoms with E-state index in [4.69, 9.17) is 9.72 Å². The number of aryl methyl sites for hydroxylation is 1. The molecular formula is C16H26N2OS. The third-order valence-corrected chi connectivity index (χ3v) is 6.08. The smallest absolute Gasteiger partial charge is 0.0897 e. The second kappa shape index (κ2) is 6.12. The summed E-state index contributed by atoms with van der Waals surface area (Å²) in [6.45, 7) is 5.01. The van der Waals surface area contributed by atoms with E-state index in [2.05, 4.69) is 17.6 Å². The van der Waals surface area contributed by atoms with Crippen molar-refractivity contribution >= 4 is 11.3 Å². The Kier molecular flexibility index (Phi) is 4.43. The van der Waals surface area contributed by atoms with E-state index in [1.807, 2.05) is 0 Å². The van der Waals surface area contributed by atoms with E-state index in [1.165, 1.54) is 42.8 Å². The zero-order valence-electron chi connectivity index (χ0n) is 12.7. The van der Waals surface area contributed by atoms with Crippen molar-refractivity contribution in [2.24, 2.45) is 17.3 Å². The number of thiazole rings is 1. The van der Waals surface area contributed by atoms with Crippen LogP contribution < -0.4 is 5.32 Å². The van der Waals surface area contributed by atoms with Gasteiger partial charge in [0.1, 0.15) is 0 Å². The van der Waals surface area contributed by atoms with Gasteiger partial charge in [-0.15, -0.1) is 11.3 Å². The first-order chi connectivity index (χ1) is 9.72. The fourth-order valence-corrected chi connectivity index (χ4v) is 5.03. The monoisotopic (exact) mass is 294 g/mol. The Morgan fingerprint density at radius 2 is 2.40 bits per heavy atom. The summed E-state index contributed by atoms with van der Waals surface area (Å²) in [6.07, 6.45) is 6.90. The van der Waals surface area contributed by atoms with Crippen LogP contribution >= 0.6 is 11.3 Å². The average Bonchev–Trinajstić information content (AvgIpc) is 3.11. The number of nitrogens with one attached hydrogen (secondary N) is 1. The normalized spacial score (nSPS) is 32.1. The molecule has 2 aliphatic carbocycles. The standard InChI is InChI=1S/C16H26N2OS/c1-12-18-15(10-20-12)9-16(11-17-5-6-19-2)8-13-3-4-14(16)7-13/h10,13-14,17H,3-9,11H2,1-2H3. The summed E-state index contributed by atoms with van der Waals surface area (Å²) in [5.74, 6) is 1.88. The van der Waals surface area contributed by atoms with Crippen molar-refractivity contribution in [1.29, 1.82) is 0 Å². The highest BCUT2D eigenvalue weighted by atomic mass is 32.1. The molecule has 0 radical (unpaired) electrons. The summed E-state index contributed by atoms with van der Waals surface area (Å²) in [6, 6.07) is 0. The Morgan fingerprint density at radius 3 is 3.00 bits per heavy atom. The van der Waals surface area contributed by atoms with Gasteiger partial charge in [-0.05, 0) is 49.9 Å². The van der Waals surface area contributed by atoms with Gasteiger partial charge in [0.15, 0.2) is 0 Å². The molecule has 0 amide bonds. The minimum atomic E-state index is 0.456. The number of ether oxygens (including phenoxy) is 1. The van der Waals surface area contributed by atoms with Gasteiger partial charge >= 0.3 is 0 Å². The summed E-state index contributed by atoms with van der Waals surface area (Å²) in [5.41, 5.74) is 1.77. The molecule has 3 atom stereocenters. The van der Waals surface area contributed by atoms with Crippen molar-refractivity contribution in [2.45, 2.75) is 39.0 Å². The van der Waals surface area contributed by atoms with Crippen LogP contribution in [0.4, 0.5) is 0 Å². The van der Waals surface area contributed by atoms with Crippen LogP contribution in [0, 0.1) is 24.2 Å². The number of hydrogen-bond acceptors (Lipinski definition) is 4. The number of aromatic nitrogens is 1. The summed E-state index contributed by atoms with van der Waals surface area (Å²) in [4.78, 5) is 4.71. The highest BCUT2D eigenvalue weighted by Gasteiger charge is 2.50. The second-order valence-corrected chi connectivity index (χ2v) is 7.71. The lowest BCUT2D eigenvalue weighted by atomic mass is 9.70. The minimum Gasteiger partial charge on any atom is -0.383 e. The molecule has 20 heavy (non-hydrogen) atoms. The van der Waals surface area contributed by atoms with E-state index < -0.39 is 0 Å². The van der Waals surface area contributed by atoms with E-state index in [0.29, 0.717) is 5.41 Å². The van der Waals surface area contributed by atoms with Gasteiger partial charge in [0.25, 0.3) is 0 Å². The molecule has 1 aromatic heterocycles. The SMILES string of the molecule is COCCNCC1(Cc2csc(C)n2)CC2CCC1C2. The summed E-state index contributed by atoms with van der Waals surface area (Å²) >= 11 is 1.79. The predicted octanol–water partition coefficient (Wildman–Crippen LogP) is 3.04. The van der Waals surface area contributed by atoms with Gasteiger partial charge < -0.3 is 10.1 Å². The predicted molar refractivity (Wildman–Crippen MR) is 83.2 cm³/mol. The van der Waals surface area contributed by atoms with Crippen molar-refractivity contribution in [1.82, 2.24) is 10.3 Å². The molecule has 1 heterocycles. The third kappa shape index (κ3) is 2.92. The van der Waals surface area contributed by atoms with Gasteiger partial charge in [0, 0.05) is 25.6 Å². The van der Waals surface area contributed by atoms with E-state index in [-0.39, 0.29) is 0 Å². The number of fused-ring (bicyclic) bond motifs is 2. The molecule has 2 bridgehead atoms. The molecule has 2 fully saturated rings. The molecule has 4 heteroatoms. The van der Waals surface area contributed by atoms with Gasteiger partial charge in [0.05, 0.1) is 17.3 Å². The number of methoxy groups -OCH3 is 1. The lowest BCUT2D eigenvalue weighted by molar-refractivity contribution is 0.144. The molecule has 112 valence electrons. The Bertz CT molecular complexity index is 447. The third-order valence-electron chi connectivity index (χ3n) is 5.26. The van der Waals surface area contributed by atoms with Crippen molar-refractivity contribution in [2.75, 3.05) is 26.8 Å². The first kappa shape index (κ1) is 14.5. The van der Waals surface area contributed by atoms with Crippen LogP contribution in [0.1, 0.15) is 36.4 Å². The largest absolute Gasteiger partial charge is 0.383 e. The molecule has 3 rings (SSSR count). The van der Waals surface area contributed by atoms with Gasteiger partial charge in [-0.25, -0.2) is 4.98 Å². The molecular weight excluding hydrogens is 268 g/mol. The topological polar surface area (TPSA) is 34.1 Å². The number of nitrogens with zero attached hydrogens (tertiary/aromatic N) is 1. The van der Waals surface area contributed by atoms with Crippen molar-refractivity contribution < 1.29 is 4.74 Å². The lowest BCUT2D eigenvalue weighted by Crippen LogP contribution is -2.41. The summed E-state index contributed by atoms with van der Waals surface area (Å²) < 4.78 is 5.15. The van der Waals surface area contributed by atoms with Crippen molar-refractivity contribution in [3.05, 3.63) is 16.1 Å². The Hall–Kier alpha value is -0.450. The molecule has 3 unspecified atom stereocenters. The highest BCUT2D eigenvalue weighted by molar-refractivity contribution is 7.09. The van der Waals surface area contributed by atoms with Gasteiger partial charge in [0.2, 0.25) is 0 Å². The van der Waals surface area contributed by atoms with E-state index in [0.717, 1.165) is 31.5 Å². The first-order valence-electron chi connectivity index (χ1n) is 7.82. The zero-order valence-corrected chi connectivity index (χ0v) is 13.5. The first-order valence-corrected chi connectivity index (χ1v) is 8.70. The molecule has 2 aliphatic rings. The Labute approximate surface area is 126 Å². The molecule has 0 aromatic carbocycles. The number of hydrogen-bond donors (Lipinski definition) is 1. The van der Waals surface area contributed by atoms with Crippen LogP contribution in [-0.2, 0) is 11.2 Å². The van der Waals surface area contributed by atoms with Crippen LogP contribution in [-0.4, -0.2) is 31.8 Å². The van der Waals surface area contributed by atoms with Crippen molar-refractivity contribution in [3.63, 3.8) is 0 Å². The van der Waals surface area contributed by atoms with Gasteiger partial charge in [-0.3, -0.25) is 0 Å². The minimum absolute atomic E-state index is 0.456. The van der Waals surface area contributed by atoms with Gasteiger partial charge in [-0.2, -0.15) is 0 Å². The van der Waals surface area contributed by atoms with Gasteiger partial charge in [-0.1, -0.05) is 6.42 Å². The zero-order chi connectivity index (χ0) is 14.0. The summed E-state index contributed by atoms with van der Waals surface area (Å²) in [7, 11) is 1.77. The molecule has 0 spiro atoms. The van der Waals surface area contributed by atoms with Crippen LogP contribution in [0.3, 0.4) is 0 Å². The number of rotatable bonds is 7. The van der Waals surface area contributed by atoms with Crippen molar-refractivity contribution in [3.8, 4) is 0 Å². The molecule has 0 saturated heterocycles. The molecule has 0 aliphatic heterocycles. The van der Waals surface area contributed by atoms with Crippen LogP contribution in [0.15, 0.2) is 5.38 Å². The Morgan fingerprint density at radius 1 is 1.50 bits per heavy atom.